The smallest absolute Gasteiger partial charge is 0.409 e. The van der Waals surface area contributed by atoms with Crippen LogP contribution < -0.4 is 10.6 Å². The van der Waals surface area contributed by atoms with E-state index in [-0.39, 0.29) is 35.5 Å². The molecule has 30 heavy (non-hydrogen) atoms. The van der Waals surface area contributed by atoms with E-state index in [0.717, 1.165) is 51.4 Å². The van der Waals surface area contributed by atoms with Gasteiger partial charge in [-0.05, 0) is 38.2 Å². The number of amides is 1. The van der Waals surface area contributed by atoms with Gasteiger partial charge >= 0.3 is 6.09 Å². The van der Waals surface area contributed by atoms with E-state index < -0.39 is 0 Å². The molecule has 7 nitrogen and oxygen atoms in total. The second-order valence-corrected chi connectivity index (χ2v) is 7.79. The molecule has 168 valence electrons. The lowest BCUT2D eigenvalue weighted by Gasteiger charge is -2.39. The molecule has 0 aliphatic carbocycles. The first kappa shape index (κ1) is 24.7. The van der Waals surface area contributed by atoms with Gasteiger partial charge in [0.1, 0.15) is 0 Å². The minimum atomic E-state index is -0.210. The van der Waals surface area contributed by atoms with Crippen molar-refractivity contribution in [1.82, 2.24) is 15.5 Å². The fourth-order valence-corrected chi connectivity index (χ4v) is 4.18. The standard InChI is InChI=1S/C22H34N4O3.HI/c1-3-29-21(27)26-13-9-19(10-14-26)25-20(23-2)24-17-22(11-15-28-16-12-22)18-7-5-4-6-8-18;/h4-8,19H,3,9-17H2,1-2H3,(H2,23,24,25);1H. The van der Waals surface area contributed by atoms with E-state index in [4.69, 9.17) is 9.47 Å². The van der Waals surface area contributed by atoms with Gasteiger partial charge in [0.05, 0.1) is 6.61 Å². The van der Waals surface area contributed by atoms with Gasteiger partial charge in [-0.15, -0.1) is 24.0 Å². The Morgan fingerprint density at radius 2 is 1.90 bits per heavy atom. The van der Waals surface area contributed by atoms with Crippen molar-refractivity contribution in [3.8, 4) is 0 Å². The number of guanidine groups is 1. The summed E-state index contributed by atoms with van der Waals surface area (Å²) in [6.45, 7) is 6.06. The van der Waals surface area contributed by atoms with Crippen molar-refractivity contribution in [3.05, 3.63) is 35.9 Å². The van der Waals surface area contributed by atoms with Crippen molar-refractivity contribution >= 4 is 36.0 Å². The van der Waals surface area contributed by atoms with Crippen molar-refractivity contribution < 1.29 is 14.3 Å². The largest absolute Gasteiger partial charge is 0.450 e. The molecule has 2 saturated heterocycles. The van der Waals surface area contributed by atoms with E-state index in [2.05, 4.69) is 46.0 Å². The van der Waals surface area contributed by atoms with Gasteiger partial charge in [-0.3, -0.25) is 4.99 Å². The van der Waals surface area contributed by atoms with Gasteiger partial charge in [-0.25, -0.2) is 4.79 Å². The highest BCUT2D eigenvalue weighted by Gasteiger charge is 2.34. The third kappa shape index (κ3) is 6.47. The zero-order valence-electron chi connectivity index (χ0n) is 18.1. The molecule has 2 N–H and O–H groups in total. The molecule has 1 aromatic carbocycles. The Morgan fingerprint density at radius 1 is 1.23 bits per heavy atom. The van der Waals surface area contributed by atoms with Gasteiger partial charge in [0.2, 0.25) is 0 Å². The highest BCUT2D eigenvalue weighted by molar-refractivity contribution is 14.0. The molecule has 0 aromatic heterocycles. The van der Waals surface area contributed by atoms with Crippen LogP contribution in [-0.4, -0.2) is 69.5 Å². The molecule has 0 atom stereocenters. The highest BCUT2D eigenvalue weighted by Crippen LogP contribution is 2.34. The summed E-state index contributed by atoms with van der Waals surface area (Å²) in [7, 11) is 1.81. The SMILES string of the molecule is CCOC(=O)N1CCC(NC(=NC)NCC2(c3ccccc3)CCOCC2)CC1.I. The maximum absolute atomic E-state index is 11.9. The second kappa shape index (κ2) is 12.3. The number of nitrogens with one attached hydrogen (secondary N) is 2. The Hall–Kier alpha value is -1.55. The summed E-state index contributed by atoms with van der Waals surface area (Å²) in [5, 5.41) is 7.09. The lowest BCUT2D eigenvalue weighted by molar-refractivity contribution is 0.0513. The van der Waals surface area contributed by atoms with Gasteiger partial charge < -0.3 is 25.0 Å². The molecule has 0 saturated carbocycles. The maximum Gasteiger partial charge on any atom is 0.409 e. The average molecular weight is 530 g/mol. The molecule has 2 aliphatic rings. The molecule has 2 aliphatic heterocycles. The lowest BCUT2D eigenvalue weighted by atomic mass is 9.74. The minimum absolute atomic E-state index is 0. The Bertz CT molecular complexity index is 672. The normalized spacial score (nSPS) is 19.5. The summed E-state index contributed by atoms with van der Waals surface area (Å²) in [5.74, 6) is 0.821. The third-order valence-corrected chi connectivity index (χ3v) is 6.02. The van der Waals surface area contributed by atoms with Crippen LogP contribution in [0.3, 0.4) is 0 Å². The Kier molecular flexibility index (Phi) is 10.2. The van der Waals surface area contributed by atoms with E-state index >= 15 is 0 Å². The first-order chi connectivity index (χ1) is 14.2. The summed E-state index contributed by atoms with van der Waals surface area (Å²) in [6, 6.07) is 11.0. The van der Waals surface area contributed by atoms with Crippen LogP contribution in [0.25, 0.3) is 0 Å². The number of likely N-dealkylation sites (tertiary alicyclic amines) is 1. The predicted octanol–water partition coefficient (Wildman–Crippen LogP) is 3.14. The molecule has 1 amide bonds. The number of halogens is 1. The lowest BCUT2D eigenvalue weighted by Crippen LogP contribution is -2.52. The molecule has 2 fully saturated rings. The van der Waals surface area contributed by atoms with E-state index in [1.54, 1.807) is 4.90 Å². The number of benzene rings is 1. The van der Waals surface area contributed by atoms with Crippen molar-refractivity contribution in [1.29, 1.82) is 0 Å². The van der Waals surface area contributed by atoms with Crippen LogP contribution in [0.15, 0.2) is 35.3 Å². The molecule has 8 heteroatoms. The number of ether oxygens (including phenoxy) is 2. The number of hydrogen-bond acceptors (Lipinski definition) is 4. The second-order valence-electron chi connectivity index (χ2n) is 7.79. The fourth-order valence-electron chi connectivity index (χ4n) is 4.18. The van der Waals surface area contributed by atoms with Crippen LogP contribution in [0.5, 0.6) is 0 Å². The van der Waals surface area contributed by atoms with Gasteiger partial charge in [0, 0.05) is 51.4 Å². The fraction of sp³-hybridized carbons (Fsp3) is 0.636. The molecule has 0 spiro atoms. The van der Waals surface area contributed by atoms with E-state index in [1.165, 1.54) is 5.56 Å². The topological polar surface area (TPSA) is 75.2 Å². The van der Waals surface area contributed by atoms with Crippen LogP contribution in [0, 0.1) is 0 Å². The zero-order valence-corrected chi connectivity index (χ0v) is 20.4. The number of hydrogen-bond donors (Lipinski definition) is 2. The Balaban J connectivity index is 0.00000320. The summed E-state index contributed by atoms with van der Waals surface area (Å²) < 4.78 is 10.7. The highest BCUT2D eigenvalue weighted by atomic mass is 127. The minimum Gasteiger partial charge on any atom is -0.450 e. The number of piperidine rings is 1. The average Bonchev–Trinajstić information content (AvgIpc) is 2.78. The van der Waals surface area contributed by atoms with Crippen LogP contribution in [0.4, 0.5) is 4.79 Å². The van der Waals surface area contributed by atoms with Crippen LogP contribution in [0.1, 0.15) is 38.2 Å². The molecule has 0 bridgehead atoms. The first-order valence-electron chi connectivity index (χ1n) is 10.7. The monoisotopic (exact) mass is 530 g/mol. The molecule has 3 rings (SSSR count). The maximum atomic E-state index is 11.9. The van der Waals surface area contributed by atoms with Gasteiger partial charge in [-0.1, -0.05) is 30.3 Å². The molecular weight excluding hydrogens is 495 g/mol. The van der Waals surface area contributed by atoms with E-state index in [1.807, 2.05) is 14.0 Å². The van der Waals surface area contributed by atoms with Gasteiger partial charge in [-0.2, -0.15) is 0 Å². The summed E-state index contributed by atoms with van der Waals surface area (Å²) >= 11 is 0. The zero-order chi connectivity index (χ0) is 20.5. The molecule has 0 radical (unpaired) electrons. The van der Waals surface area contributed by atoms with E-state index in [9.17, 15) is 4.79 Å². The molecule has 1 aromatic rings. The van der Waals surface area contributed by atoms with Gasteiger partial charge in [0.25, 0.3) is 0 Å². The quantitative estimate of drug-likeness (QED) is 0.348. The predicted molar refractivity (Wildman–Crippen MR) is 130 cm³/mol. The molecular formula is C22H35IN4O3. The van der Waals surface area contributed by atoms with Crippen LogP contribution in [0.2, 0.25) is 0 Å². The van der Waals surface area contributed by atoms with E-state index in [0.29, 0.717) is 25.7 Å². The number of carbonyl (C=O) groups excluding carboxylic acids is 1. The number of rotatable bonds is 5. The first-order valence-corrected chi connectivity index (χ1v) is 10.7. The van der Waals surface area contributed by atoms with Crippen molar-refractivity contribution in [3.63, 3.8) is 0 Å². The Labute approximate surface area is 197 Å². The summed E-state index contributed by atoms with van der Waals surface area (Å²) in [5.41, 5.74) is 1.42. The molecule has 0 unspecified atom stereocenters. The number of nitrogens with zero attached hydrogens (tertiary/aromatic N) is 2. The molecule has 2 heterocycles. The van der Waals surface area contributed by atoms with Crippen molar-refractivity contribution in [2.24, 2.45) is 4.99 Å². The summed E-state index contributed by atoms with van der Waals surface area (Å²) in [6.07, 6.45) is 3.56. The van der Waals surface area contributed by atoms with Crippen LogP contribution in [-0.2, 0) is 14.9 Å². The Morgan fingerprint density at radius 3 is 2.50 bits per heavy atom. The van der Waals surface area contributed by atoms with Crippen LogP contribution >= 0.6 is 24.0 Å². The van der Waals surface area contributed by atoms with Crippen molar-refractivity contribution in [2.45, 2.75) is 44.1 Å². The van der Waals surface area contributed by atoms with Crippen molar-refractivity contribution in [2.75, 3.05) is 46.5 Å². The number of carbonyl (C=O) groups is 1. The number of aliphatic imine (C=N–C) groups is 1. The third-order valence-electron chi connectivity index (χ3n) is 6.02. The van der Waals surface area contributed by atoms with Gasteiger partial charge in [0.15, 0.2) is 5.96 Å². The summed E-state index contributed by atoms with van der Waals surface area (Å²) in [4.78, 5) is 18.1.